The summed E-state index contributed by atoms with van der Waals surface area (Å²) in [6.45, 7) is 2.32. The molecule has 5 N–H and O–H groups in total. The molecular weight excluding hydrogens is 296 g/mol. The van der Waals surface area contributed by atoms with Gasteiger partial charge in [0, 0.05) is 19.4 Å². The largest absolute Gasteiger partial charge is 0.387 e. The van der Waals surface area contributed by atoms with Crippen molar-refractivity contribution < 1.29 is 9.84 Å². The van der Waals surface area contributed by atoms with Gasteiger partial charge in [-0.15, -0.1) is 0 Å². The van der Waals surface area contributed by atoms with Crippen LogP contribution in [0.4, 0.5) is 11.5 Å². The quantitative estimate of drug-likeness (QED) is 0.499. The molecule has 1 aromatic rings. The third kappa shape index (κ3) is 4.80. The second-order valence-electron chi connectivity index (χ2n) is 4.95. The van der Waals surface area contributed by atoms with Gasteiger partial charge in [-0.2, -0.15) is 11.8 Å². The first-order chi connectivity index (χ1) is 9.82. The topological polar surface area (TPSA) is 122 Å². The lowest BCUT2D eigenvalue weighted by atomic mass is 10.1. The molecule has 9 heteroatoms. The van der Waals surface area contributed by atoms with E-state index in [-0.39, 0.29) is 24.6 Å². The van der Waals surface area contributed by atoms with Crippen LogP contribution in [0.5, 0.6) is 0 Å². The number of aliphatic hydroxyl groups is 1. The number of hydrogen-bond acceptors (Lipinski definition) is 7. The molecule has 0 aromatic carbocycles. The van der Waals surface area contributed by atoms with E-state index >= 15 is 0 Å². The summed E-state index contributed by atoms with van der Waals surface area (Å²) in [5.74, 6) is 0.530. The van der Waals surface area contributed by atoms with Gasteiger partial charge in [-0.05, 0) is 13.2 Å². The van der Waals surface area contributed by atoms with Crippen molar-refractivity contribution in [1.29, 1.82) is 0 Å². The number of H-pyrrole nitrogens is 1. The van der Waals surface area contributed by atoms with Gasteiger partial charge >= 0.3 is 5.69 Å². The molecule has 0 aliphatic rings. The lowest BCUT2D eigenvalue weighted by Crippen LogP contribution is -2.40. The highest BCUT2D eigenvalue weighted by Gasteiger charge is 2.21. The maximum atomic E-state index is 11.8. The molecule has 1 unspecified atom stereocenters. The Hall–Kier alpha value is -1.45. The minimum Gasteiger partial charge on any atom is -0.387 e. The fourth-order valence-corrected chi connectivity index (χ4v) is 2.53. The Morgan fingerprint density at radius 2 is 2.19 bits per heavy atom. The van der Waals surface area contributed by atoms with Gasteiger partial charge in [0.15, 0.2) is 0 Å². The van der Waals surface area contributed by atoms with Crippen LogP contribution in [0.2, 0.25) is 0 Å². The van der Waals surface area contributed by atoms with E-state index < -0.39 is 16.9 Å². The SMILES string of the molecule is COCCn1c(N)c(NCC(C)(O)CSC)c(=O)[nH]c1=O. The van der Waals surface area contributed by atoms with Gasteiger partial charge in [0.05, 0.1) is 18.8 Å². The van der Waals surface area contributed by atoms with Gasteiger partial charge in [-0.1, -0.05) is 0 Å². The Morgan fingerprint density at radius 3 is 2.76 bits per heavy atom. The van der Waals surface area contributed by atoms with E-state index in [0.29, 0.717) is 12.4 Å². The van der Waals surface area contributed by atoms with E-state index in [0.717, 1.165) is 0 Å². The monoisotopic (exact) mass is 318 g/mol. The molecule has 0 saturated heterocycles. The van der Waals surface area contributed by atoms with Crippen molar-refractivity contribution in [3.05, 3.63) is 20.8 Å². The Morgan fingerprint density at radius 1 is 1.52 bits per heavy atom. The van der Waals surface area contributed by atoms with Crippen LogP contribution in [0.3, 0.4) is 0 Å². The molecule has 0 spiro atoms. The van der Waals surface area contributed by atoms with Crippen LogP contribution in [0.25, 0.3) is 0 Å². The standard InChI is InChI=1S/C12H22N4O4S/c1-12(19,7-21-3)6-14-8-9(13)16(4-5-20-2)11(18)15-10(8)17/h14,19H,4-7,13H2,1-3H3,(H,15,17,18). The summed E-state index contributed by atoms with van der Waals surface area (Å²) in [4.78, 5) is 25.7. The normalized spacial score (nSPS) is 13.9. The number of rotatable bonds is 8. The van der Waals surface area contributed by atoms with Crippen molar-refractivity contribution >= 4 is 23.3 Å². The molecule has 1 rings (SSSR count). The van der Waals surface area contributed by atoms with E-state index in [9.17, 15) is 14.7 Å². The van der Waals surface area contributed by atoms with E-state index in [1.165, 1.54) is 23.4 Å². The molecule has 1 heterocycles. The zero-order chi connectivity index (χ0) is 16.0. The number of aromatic nitrogens is 2. The highest BCUT2D eigenvalue weighted by Crippen LogP contribution is 2.14. The van der Waals surface area contributed by atoms with Gasteiger partial charge < -0.3 is 20.9 Å². The van der Waals surface area contributed by atoms with Crippen LogP contribution in [-0.2, 0) is 11.3 Å². The maximum absolute atomic E-state index is 11.8. The Kier molecular flexibility index (Phi) is 6.31. The molecule has 0 aliphatic heterocycles. The number of methoxy groups -OCH3 is 1. The summed E-state index contributed by atoms with van der Waals surface area (Å²) in [5.41, 5.74) is 3.76. The van der Waals surface area contributed by atoms with Crippen molar-refractivity contribution in [2.24, 2.45) is 0 Å². The molecule has 1 atom stereocenters. The first-order valence-corrected chi connectivity index (χ1v) is 7.78. The van der Waals surface area contributed by atoms with E-state index in [2.05, 4.69) is 10.3 Å². The van der Waals surface area contributed by atoms with Crippen LogP contribution < -0.4 is 22.3 Å². The maximum Gasteiger partial charge on any atom is 0.330 e. The lowest BCUT2D eigenvalue weighted by Gasteiger charge is -2.23. The lowest BCUT2D eigenvalue weighted by molar-refractivity contribution is 0.0997. The van der Waals surface area contributed by atoms with Crippen molar-refractivity contribution in [1.82, 2.24) is 9.55 Å². The first kappa shape index (κ1) is 17.6. The smallest absolute Gasteiger partial charge is 0.330 e. The minimum absolute atomic E-state index is 0.0285. The van der Waals surface area contributed by atoms with Crippen LogP contribution in [0.15, 0.2) is 9.59 Å². The number of nitrogens with zero attached hydrogens (tertiary/aromatic N) is 1. The highest BCUT2D eigenvalue weighted by atomic mass is 32.2. The third-order valence-corrected chi connectivity index (χ3v) is 3.77. The van der Waals surface area contributed by atoms with Crippen molar-refractivity contribution in [2.75, 3.05) is 43.3 Å². The number of ether oxygens (including phenoxy) is 1. The summed E-state index contributed by atoms with van der Waals surface area (Å²) in [6.07, 6.45) is 1.88. The highest BCUT2D eigenvalue weighted by molar-refractivity contribution is 7.98. The predicted molar refractivity (Wildman–Crippen MR) is 85.1 cm³/mol. The fourth-order valence-electron chi connectivity index (χ4n) is 1.80. The second-order valence-corrected chi connectivity index (χ2v) is 5.81. The van der Waals surface area contributed by atoms with Gasteiger partial charge in [0.2, 0.25) is 0 Å². The molecule has 0 aliphatic carbocycles. The Balaban J connectivity index is 3.02. The Bertz CT molecular complexity index is 582. The van der Waals surface area contributed by atoms with E-state index in [1.807, 2.05) is 6.26 Å². The summed E-state index contributed by atoms with van der Waals surface area (Å²) in [5, 5.41) is 12.9. The molecule has 21 heavy (non-hydrogen) atoms. The number of nitrogens with two attached hydrogens (primary N) is 1. The van der Waals surface area contributed by atoms with Gasteiger partial charge in [0.25, 0.3) is 5.56 Å². The number of nitrogens with one attached hydrogen (secondary N) is 2. The predicted octanol–water partition coefficient (Wildman–Crippen LogP) is -0.709. The average Bonchev–Trinajstić information content (AvgIpc) is 2.37. The molecule has 8 nitrogen and oxygen atoms in total. The number of hydrogen-bond donors (Lipinski definition) is 4. The molecule has 0 fully saturated rings. The summed E-state index contributed by atoms with van der Waals surface area (Å²) in [6, 6.07) is 0. The second kappa shape index (κ2) is 7.53. The minimum atomic E-state index is -0.994. The molecule has 0 amide bonds. The number of thioether (sulfide) groups is 1. The average molecular weight is 318 g/mol. The number of nitrogen functional groups attached to an aromatic ring is 1. The number of anilines is 2. The molecule has 120 valence electrons. The number of aromatic amines is 1. The van der Waals surface area contributed by atoms with Crippen molar-refractivity contribution in [2.45, 2.75) is 19.1 Å². The first-order valence-electron chi connectivity index (χ1n) is 6.39. The van der Waals surface area contributed by atoms with Crippen LogP contribution in [-0.4, -0.2) is 52.5 Å². The van der Waals surface area contributed by atoms with Crippen LogP contribution in [0, 0.1) is 0 Å². The molecular formula is C12H22N4O4S. The zero-order valence-corrected chi connectivity index (χ0v) is 13.2. The van der Waals surface area contributed by atoms with Crippen molar-refractivity contribution in [3.8, 4) is 0 Å². The third-order valence-electron chi connectivity index (χ3n) is 2.86. The zero-order valence-electron chi connectivity index (χ0n) is 12.4. The molecule has 0 saturated carbocycles. The summed E-state index contributed by atoms with van der Waals surface area (Å²) in [7, 11) is 1.51. The van der Waals surface area contributed by atoms with E-state index in [1.54, 1.807) is 6.92 Å². The van der Waals surface area contributed by atoms with Crippen LogP contribution in [0.1, 0.15) is 6.92 Å². The Labute approximate surface area is 126 Å². The molecule has 1 aromatic heterocycles. The van der Waals surface area contributed by atoms with Gasteiger partial charge in [0.1, 0.15) is 11.5 Å². The summed E-state index contributed by atoms with van der Waals surface area (Å²) >= 11 is 1.49. The molecule has 0 bridgehead atoms. The summed E-state index contributed by atoms with van der Waals surface area (Å²) < 4.78 is 6.12. The fraction of sp³-hybridized carbons (Fsp3) is 0.667. The van der Waals surface area contributed by atoms with Crippen molar-refractivity contribution in [3.63, 3.8) is 0 Å². The van der Waals surface area contributed by atoms with Gasteiger partial charge in [-0.3, -0.25) is 14.3 Å². The van der Waals surface area contributed by atoms with Crippen LogP contribution >= 0.6 is 11.8 Å². The molecule has 0 radical (unpaired) electrons. The van der Waals surface area contributed by atoms with E-state index in [4.69, 9.17) is 10.5 Å². The van der Waals surface area contributed by atoms with Gasteiger partial charge in [-0.25, -0.2) is 4.79 Å².